The van der Waals surface area contributed by atoms with E-state index in [9.17, 15) is 13.2 Å². The van der Waals surface area contributed by atoms with E-state index in [1.807, 2.05) is 18.2 Å². The molecule has 0 amide bonds. The molecule has 1 aromatic carbocycles. The predicted molar refractivity (Wildman–Crippen MR) is 66.5 cm³/mol. The van der Waals surface area contributed by atoms with Gasteiger partial charge < -0.3 is 10.2 Å². The summed E-state index contributed by atoms with van der Waals surface area (Å²) in [6, 6.07) is 7.25. The lowest BCUT2D eigenvalue weighted by Crippen LogP contribution is -2.30. The van der Waals surface area contributed by atoms with Crippen LogP contribution in [-0.2, 0) is 13.1 Å². The van der Waals surface area contributed by atoms with E-state index in [4.69, 9.17) is 10.2 Å². The van der Waals surface area contributed by atoms with Crippen molar-refractivity contribution in [2.45, 2.75) is 19.3 Å². The van der Waals surface area contributed by atoms with Gasteiger partial charge in [-0.15, -0.1) is 0 Å². The quantitative estimate of drug-likeness (QED) is 0.930. The number of nitrogens with zero attached hydrogens (tertiary/aromatic N) is 1. The van der Waals surface area contributed by atoms with Gasteiger partial charge in [-0.2, -0.15) is 13.2 Å². The van der Waals surface area contributed by atoms with Crippen LogP contribution in [0, 0.1) is 0 Å². The van der Waals surface area contributed by atoms with Crippen molar-refractivity contribution in [3.8, 4) is 0 Å². The number of alkyl halides is 3. The summed E-state index contributed by atoms with van der Waals surface area (Å²) in [5.74, 6) is 0.537. The first-order chi connectivity index (χ1) is 8.90. The number of para-hydroxylation sites is 1. The third-order valence-electron chi connectivity index (χ3n) is 2.84. The fraction of sp³-hybridized carbons (Fsp3) is 0.385. The number of nitrogens with two attached hydrogens (primary N) is 1. The zero-order valence-corrected chi connectivity index (χ0v) is 10.5. The number of fused-ring (bicyclic) bond motifs is 1. The number of benzene rings is 1. The SMILES string of the molecule is CN(Cc1c(CN)oc2ccccc12)CC(F)(F)F. The molecule has 19 heavy (non-hydrogen) atoms. The van der Waals surface area contributed by atoms with Crippen molar-refractivity contribution in [1.29, 1.82) is 0 Å². The van der Waals surface area contributed by atoms with Gasteiger partial charge in [0.2, 0.25) is 0 Å². The van der Waals surface area contributed by atoms with Crippen LogP contribution in [0.5, 0.6) is 0 Å². The van der Waals surface area contributed by atoms with Crippen LogP contribution in [0.2, 0.25) is 0 Å². The fourth-order valence-electron chi connectivity index (χ4n) is 2.12. The monoisotopic (exact) mass is 272 g/mol. The van der Waals surface area contributed by atoms with Gasteiger partial charge in [0.15, 0.2) is 0 Å². The van der Waals surface area contributed by atoms with Crippen LogP contribution >= 0.6 is 0 Å². The van der Waals surface area contributed by atoms with Crippen LogP contribution in [0.15, 0.2) is 28.7 Å². The molecule has 0 fully saturated rings. The molecule has 0 unspecified atom stereocenters. The van der Waals surface area contributed by atoms with E-state index in [0.29, 0.717) is 11.3 Å². The summed E-state index contributed by atoms with van der Waals surface area (Å²) < 4.78 is 42.6. The van der Waals surface area contributed by atoms with E-state index in [0.717, 1.165) is 10.9 Å². The molecule has 0 atom stereocenters. The summed E-state index contributed by atoms with van der Waals surface area (Å²) in [4.78, 5) is 1.20. The molecule has 0 aliphatic rings. The molecule has 0 saturated carbocycles. The van der Waals surface area contributed by atoms with E-state index in [1.54, 1.807) is 6.07 Å². The number of halogens is 3. The highest BCUT2D eigenvalue weighted by molar-refractivity contribution is 5.82. The Morgan fingerprint density at radius 2 is 1.95 bits per heavy atom. The molecule has 2 rings (SSSR count). The average molecular weight is 272 g/mol. The van der Waals surface area contributed by atoms with Gasteiger partial charge in [-0.3, -0.25) is 4.90 Å². The highest BCUT2D eigenvalue weighted by Crippen LogP contribution is 2.27. The van der Waals surface area contributed by atoms with Crippen LogP contribution in [0.1, 0.15) is 11.3 Å². The summed E-state index contributed by atoms with van der Waals surface area (Å²) in [7, 11) is 1.43. The van der Waals surface area contributed by atoms with Crippen molar-refractivity contribution >= 4 is 11.0 Å². The van der Waals surface area contributed by atoms with Gasteiger partial charge in [-0.25, -0.2) is 0 Å². The van der Waals surface area contributed by atoms with Crippen LogP contribution < -0.4 is 5.73 Å². The maximum Gasteiger partial charge on any atom is 0.401 e. The van der Waals surface area contributed by atoms with Gasteiger partial charge in [0.1, 0.15) is 11.3 Å². The van der Waals surface area contributed by atoms with Gasteiger partial charge in [-0.05, 0) is 13.1 Å². The molecule has 1 aromatic heterocycles. The maximum atomic E-state index is 12.3. The third kappa shape index (κ3) is 3.27. The molecule has 1 heterocycles. The highest BCUT2D eigenvalue weighted by atomic mass is 19.4. The van der Waals surface area contributed by atoms with Gasteiger partial charge in [0.05, 0.1) is 13.1 Å². The number of furan rings is 1. The smallest absolute Gasteiger partial charge is 0.401 e. The first-order valence-corrected chi connectivity index (χ1v) is 5.85. The third-order valence-corrected chi connectivity index (χ3v) is 2.84. The van der Waals surface area contributed by atoms with Gasteiger partial charge in [-0.1, -0.05) is 18.2 Å². The van der Waals surface area contributed by atoms with Gasteiger partial charge >= 0.3 is 6.18 Å². The van der Waals surface area contributed by atoms with Crippen LogP contribution in [0.4, 0.5) is 13.2 Å². The van der Waals surface area contributed by atoms with Crippen molar-refractivity contribution in [2.75, 3.05) is 13.6 Å². The zero-order chi connectivity index (χ0) is 14.0. The Morgan fingerprint density at radius 3 is 2.58 bits per heavy atom. The molecule has 6 heteroatoms. The molecular formula is C13H15F3N2O. The van der Waals surface area contributed by atoms with E-state index >= 15 is 0 Å². The summed E-state index contributed by atoms with van der Waals surface area (Å²) in [6.45, 7) is -0.635. The Kier molecular flexibility index (Phi) is 3.82. The van der Waals surface area contributed by atoms with E-state index < -0.39 is 12.7 Å². The normalized spacial score (nSPS) is 12.5. The lowest BCUT2D eigenvalue weighted by atomic mass is 10.1. The molecule has 0 saturated heterocycles. The second kappa shape index (κ2) is 5.22. The Balaban J connectivity index is 2.28. The standard InChI is InChI=1S/C13H15F3N2O/c1-18(8-13(14,15)16)7-10-9-4-2-3-5-11(9)19-12(10)6-17/h2-5H,6-8,17H2,1H3. The van der Waals surface area contributed by atoms with Crippen molar-refractivity contribution in [1.82, 2.24) is 4.90 Å². The number of rotatable bonds is 4. The summed E-state index contributed by atoms with van der Waals surface area (Å²) >= 11 is 0. The van der Waals surface area contributed by atoms with Gasteiger partial charge in [0.25, 0.3) is 0 Å². The average Bonchev–Trinajstić information content (AvgIpc) is 2.65. The second-order valence-electron chi connectivity index (χ2n) is 4.49. The summed E-state index contributed by atoms with van der Waals surface area (Å²) in [6.07, 6.45) is -4.21. The van der Waals surface area contributed by atoms with E-state index in [2.05, 4.69) is 0 Å². The lowest BCUT2D eigenvalue weighted by Gasteiger charge is -2.18. The molecular weight excluding hydrogens is 257 g/mol. The Morgan fingerprint density at radius 1 is 1.26 bits per heavy atom. The molecule has 104 valence electrons. The number of hydrogen-bond acceptors (Lipinski definition) is 3. The van der Waals surface area contributed by atoms with Crippen LogP contribution in [0.25, 0.3) is 11.0 Å². The fourth-order valence-corrected chi connectivity index (χ4v) is 2.12. The molecule has 0 bridgehead atoms. The van der Waals surface area contributed by atoms with Crippen molar-refractivity contribution in [3.05, 3.63) is 35.6 Å². The van der Waals surface area contributed by atoms with Crippen molar-refractivity contribution in [2.24, 2.45) is 5.73 Å². The van der Waals surface area contributed by atoms with Crippen molar-refractivity contribution in [3.63, 3.8) is 0 Å². The van der Waals surface area contributed by atoms with E-state index in [1.165, 1.54) is 11.9 Å². The molecule has 0 aliphatic heterocycles. The Hall–Kier alpha value is -1.53. The van der Waals surface area contributed by atoms with Gasteiger partial charge in [0, 0.05) is 17.5 Å². The Labute approximate surface area is 108 Å². The van der Waals surface area contributed by atoms with E-state index in [-0.39, 0.29) is 13.1 Å². The summed E-state index contributed by atoms with van der Waals surface area (Å²) in [5.41, 5.74) is 6.96. The number of hydrogen-bond donors (Lipinski definition) is 1. The molecule has 0 radical (unpaired) electrons. The molecule has 0 aliphatic carbocycles. The topological polar surface area (TPSA) is 42.4 Å². The lowest BCUT2D eigenvalue weighted by molar-refractivity contribution is -0.144. The minimum absolute atomic E-state index is 0.156. The van der Waals surface area contributed by atoms with Crippen LogP contribution in [-0.4, -0.2) is 24.7 Å². The Bertz CT molecular complexity index is 563. The zero-order valence-electron chi connectivity index (χ0n) is 10.5. The minimum atomic E-state index is -4.21. The van der Waals surface area contributed by atoms with Crippen LogP contribution in [0.3, 0.4) is 0 Å². The summed E-state index contributed by atoms with van der Waals surface area (Å²) in [5, 5.41) is 0.817. The molecule has 0 spiro atoms. The maximum absolute atomic E-state index is 12.3. The first kappa shape index (κ1) is 13.9. The van der Waals surface area contributed by atoms with Crippen molar-refractivity contribution < 1.29 is 17.6 Å². The second-order valence-corrected chi connectivity index (χ2v) is 4.49. The largest absolute Gasteiger partial charge is 0.459 e. The minimum Gasteiger partial charge on any atom is -0.459 e. The molecule has 2 N–H and O–H groups in total. The first-order valence-electron chi connectivity index (χ1n) is 5.85. The molecule has 3 nitrogen and oxygen atoms in total. The highest BCUT2D eigenvalue weighted by Gasteiger charge is 2.29. The molecule has 2 aromatic rings. The predicted octanol–water partition coefficient (Wildman–Crippen LogP) is 2.89.